The SMILES string of the molecule is CCC(CC)Nc1cccc(Cl)c1Br. The molecular weight excluding hydrogens is 261 g/mol. The summed E-state index contributed by atoms with van der Waals surface area (Å²) in [6.07, 6.45) is 2.24. The van der Waals surface area contributed by atoms with Crippen LogP contribution in [0, 0.1) is 0 Å². The maximum Gasteiger partial charge on any atom is 0.0593 e. The Morgan fingerprint density at radius 2 is 2.00 bits per heavy atom. The number of benzene rings is 1. The van der Waals surface area contributed by atoms with Crippen LogP contribution in [0.25, 0.3) is 0 Å². The molecule has 1 aromatic rings. The average Bonchev–Trinajstić information content (AvgIpc) is 2.20. The van der Waals surface area contributed by atoms with E-state index in [9.17, 15) is 0 Å². The summed E-state index contributed by atoms with van der Waals surface area (Å²) in [5.74, 6) is 0. The molecule has 0 aliphatic rings. The van der Waals surface area contributed by atoms with Crippen molar-refractivity contribution in [3.63, 3.8) is 0 Å². The number of hydrogen-bond donors (Lipinski definition) is 1. The van der Waals surface area contributed by atoms with Crippen molar-refractivity contribution >= 4 is 33.2 Å². The fraction of sp³-hybridized carbons (Fsp3) is 0.455. The molecule has 0 atom stereocenters. The molecule has 0 bridgehead atoms. The summed E-state index contributed by atoms with van der Waals surface area (Å²) in [5, 5.41) is 4.21. The van der Waals surface area contributed by atoms with Crippen molar-refractivity contribution in [1.82, 2.24) is 0 Å². The highest BCUT2D eigenvalue weighted by atomic mass is 79.9. The quantitative estimate of drug-likeness (QED) is 0.840. The summed E-state index contributed by atoms with van der Waals surface area (Å²) in [7, 11) is 0. The predicted molar refractivity (Wildman–Crippen MR) is 67.1 cm³/mol. The standard InChI is InChI=1S/C11H15BrClN/c1-3-8(4-2)14-10-7-5-6-9(13)11(10)12/h5-8,14H,3-4H2,1-2H3. The van der Waals surface area contributed by atoms with Gasteiger partial charge in [0.2, 0.25) is 0 Å². The Hall–Kier alpha value is -0.210. The summed E-state index contributed by atoms with van der Waals surface area (Å²) in [4.78, 5) is 0. The summed E-state index contributed by atoms with van der Waals surface area (Å²) >= 11 is 9.47. The Labute approximate surface area is 99.0 Å². The van der Waals surface area contributed by atoms with Gasteiger partial charge >= 0.3 is 0 Å². The molecule has 0 unspecified atom stereocenters. The van der Waals surface area contributed by atoms with Gasteiger partial charge in [0.05, 0.1) is 15.2 Å². The van der Waals surface area contributed by atoms with Crippen molar-refractivity contribution in [1.29, 1.82) is 0 Å². The minimum Gasteiger partial charge on any atom is -0.381 e. The van der Waals surface area contributed by atoms with Crippen LogP contribution in [-0.2, 0) is 0 Å². The minimum atomic E-state index is 0.518. The summed E-state index contributed by atoms with van der Waals surface area (Å²) < 4.78 is 0.952. The van der Waals surface area contributed by atoms with Crippen molar-refractivity contribution in [2.75, 3.05) is 5.32 Å². The van der Waals surface area contributed by atoms with Crippen LogP contribution in [0.2, 0.25) is 5.02 Å². The lowest BCUT2D eigenvalue weighted by molar-refractivity contribution is 0.671. The molecular formula is C11H15BrClN. The first-order valence-corrected chi connectivity index (χ1v) is 6.06. The van der Waals surface area contributed by atoms with E-state index in [2.05, 4.69) is 35.1 Å². The highest BCUT2D eigenvalue weighted by Gasteiger charge is 2.07. The van der Waals surface area contributed by atoms with E-state index in [0.29, 0.717) is 6.04 Å². The highest BCUT2D eigenvalue weighted by Crippen LogP contribution is 2.30. The van der Waals surface area contributed by atoms with Crippen LogP contribution >= 0.6 is 27.5 Å². The highest BCUT2D eigenvalue weighted by molar-refractivity contribution is 9.10. The van der Waals surface area contributed by atoms with Crippen LogP contribution in [-0.4, -0.2) is 6.04 Å². The van der Waals surface area contributed by atoms with E-state index in [1.54, 1.807) is 0 Å². The lowest BCUT2D eigenvalue weighted by Gasteiger charge is -2.17. The Morgan fingerprint density at radius 1 is 1.36 bits per heavy atom. The van der Waals surface area contributed by atoms with E-state index in [1.165, 1.54) is 0 Å². The molecule has 1 nitrogen and oxygen atoms in total. The second-order valence-corrected chi connectivity index (χ2v) is 4.46. The first-order chi connectivity index (χ1) is 6.69. The zero-order valence-electron chi connectivity index (χ0n) is 8.48. The molecule has 1 N–H and O–H groups in total. The molecule has 0 heterocycles. The number of nitrogens with one attached hydrogen (secondary N) is 1. The van der Waals surface area contributed by atoms with E-state index in [-0.39, 0.29) is 0 Å². The van der Waals surface area contributed by atoms with Gasteiger partial charge in [-0.25, -0.2) is 0 Å². The van der Waals surface area contributed by atoms with E-state index < -0.39 is 0 Å². The second kappa shape index (κ2) is 5.62. The van der Waals surface area contributed by atoms with Gasteiger partial charge < -0.3 is 5.32 Å². The Bertz CT molecular complexity index is 297. The minimum absolute atomic E-state index is 0.518. The number of anilines is 1. The molecule has 0 saturated heterocycles. The predicted octanol–water partition coefficient (Wildman–Crippen LogP) is 4.70. The van der Waals surface area contributed by atoms with Crippen LogP contribution in [0.3, 0.4) is 0 Å². The lowest BCUT2D eigenvalue weighted by Crippen LogP contribution is -2.17. The van der Waals surface area contributed by atoms with Crippen LogP contribution in [0.1, 0.15) is 26.7 Å². The van der Waals surface area contributed by atoms with Crippen molar-refractivity contribution in [3.05, 3.63) is 27.7 Å². The Kier molecular flexibility index (Phi) is 4.76. The smallest absolute Gasteiger partial charge is 0.0593 e. The third-order valence-electron chi connectivity index (χ3n) is 2.30. The number of halogens is 2. The fourth-order valence-electron chi connectivity index (χ4n) is 1.33. The maximum atomic E-state index is 6.00. The van der Waals surface area contributed by atoms with E-state index in [0.717, 1.165) is 28.0 Å². The zero-order valence-corrected chi connectivity index (χ0v) is 10.8. The fourth-order valence-corrected chi connectivity index (χ4v) is 1.88. The first kappa shape index (κ1) is 11.9. The van der Waals surface area contributed by atoms with E-state index in [1.807, 2.05) is 18.2 Å². The molecule has 0 spiro atoms. The van der Waals surface area contributed by atoms with E-state index >= 15 is 0 Å². The summed E-state index contributed by atoms with van der Waals surface area (Å²) in [6, 6.07) is 6.39. The van der Waals surface area contributed by atoms with Gasteiger partial charge in [-0.3, -0.25) is 0 Å². The van der Waals surface area contributed by atoms with Gasteiger partial charge in [-0.2, -0.15) is 0 Å². The van der Waals surface area contributed by atoms with Gasteiger partial charge in [0.15, 0.2) is 0 Å². The third-order valence-corrected chi connectivity index (χ3v) is 3.69. The topological polar surface area (TPSA) is 12.0 Å². The van der Waals surface area contributed by atoms with Crippen LogP contribution in [0.15, 0.2) is 22.7 Å². The molecule has 0 amide bonds. The molecule has 0 radical (unpaired) electrons. The van der Waals surface area contributed by atoms with Gasteiger partial charge in [0.25, 0.3) is 0 Å². The lowest BCUT2D eigenvalue weighted by atomic mass is 10.1. The largest absolute Gasteiger partial charge is 0.381 e. The monoisotopic (exact) mass is 275 g/mol. The molecule has 0 aliphatic heterocycles. The van der Waals surface area contributed by atoms with Crippen LogP contribution in [0.5, 0.6) is 0 Å². The van der Waals surface area contributed by atoms with Gasteiger partial charge in [-0.15, -0.1) is 0 Å². The molecule has 0 aliphatic carbocycles. The molecule has 1 rings (SSSR count). The molecule has 0 saturated carbocycles. The third kappa shape index (κ3) is 2.89. The molecule has 0 aromatic heterocycles. The Morgan fingerprint density at radius 3 is 2.57 bits per heavy atom. The average molecular weight is 277 g/mol. The molecule has 3 heteroatoms. The van der Waals surface area contributed by atoms with Crippen LogP contribution in [0.4, 0.5) is 5.69 Å². The van der Waals surface area contributed by atoms with E-state index in [4.69, 9.17) is 11.6 Å². The van der Waals surface area contributed by atoms with Crippen molar-refractivity contribution in [2.45, 2.75) is 32.7 Å². The molecule has 14 heavy (non-hydrogen) atoms. The van der Waals surface area contributed by atoms with Crippen molar-refractivity contribution in [3.8, 4) is 0 Å². The van der Waals surface area contributed by atoms with Gasteiger partial charge in [-0.05, 0) is 40.9 Å². The zero-order chi connectivity index (χ0) is 10.6. The van der Waals surface area contributed by atoms with Crippen LogP contribution < -0.4 is 5.32 Å². The molecule has 78 valence electrons. The second-order valence-electron chi connectivity index (χ2n) is 3.26. The number of hydrogen-bond acceptors (Lipinski definition) is 1. The first-order valence-electron chi connectivity index (χ1n) is 4.89. The van der Waals surface area contributed by atoms with Gasteiger partial charge in [0.1, 0.15) is 0 Å². The van der Waals surface area contributed by atoms with Gasteiger partial charge in [0, 0.05) is 6.04 Å². The maximum absolute atomic E-state index is 6.00. The Balaban J connectivity index is 2.80. The number of rotatable bonds is 4. The molecule has 1 aromatic carbocycles. The summed E-state index contributed by atoms with van der Waals surface area (Å²) in [5.41, 5.74) is 1.08. The van der Waals surface area contributed by atoms with Crippen molar-refractivity contribution in [2.24, 2.45) is 0 Å². The van der Waals surface area contributed by atoms with Gasteiger partial charge in [-0.1, -0.05) is 31.5 Å². The summed E-state index contributed by atoms with van der Waals surface area (Å²) in [6.45, 7) is 4.36. The van der Waals surface area contributed by atoms with Crippen molar-refractivity contribution < 1.29 is 0 Å². The molecule has 0 fully saturated rings. The normalized spacial score (nSPS) is 10.6.